The van der Waals surface area contributed by atoms with Gasteiger partial charge in [-0.1, -0.05) is 0 Å². The van der Waals surface area contributed by atoms with Gasteiger partial charge in [0.2, 0.25) is 11.7 Å². The van der Waals surface area contributed by atoms with Crippen molar-refractivity contribution >= 4 is 28.7 Å². The molecule has 190 valence electrons. The van der Waals surface area contributed by atoms with Crippen LogP contribution in [0.15, 0.2) is 6.07 Å². The number of hydrogen-bond donors (Lipinski definition) is 1. The standard InChI is InChI=1S/C24H34N6O5/c1-32-18-15-17-19(21(20(18)33-2)35-16-5-3-6-16)22(25)27-23(26-17)28-7-4-8-29(10-9-28)24(31)30-11-13-34-14-12-30/h15-16H,3-14H2,1-2H3,(H2,25,26,27). The monoisotopic (exact) mass is 486 g/mol. The Kier molecular flexibility index (Phi) is 6.85. The van der Waals surface area contributed by atoms with E-state index in [1.54, 1.807) is 14.2 Å². The quantitative estimate of drug-likeness (QED) is 0.678. The van der Waals surface area contributed by atoms with Crippen LogP contribution in [0.4, 0.5) is 16.6 Å². The first-order valence-corrected chi connectivity index (χ1v) is 12.3. The number of benzene rings is 1. The van der Waals surface area contributed by atoms with E-state index in [4.69, 9.17) is 29.7 Å². The van der Waals surface area contributed by atoms with Crippen molar-refractivity contribution in [2.75, 3.05) is 77.3 Å². The number of morpholine rings is 1. The van der Waals surface area contributed by atoms with Crippen LogP contribution in [0.3, 0.4) is 0 Å². The fourth-order valence-electron chi connectivity index (χ4n) is 4.75. The van der Waals surface area contributed by atoms with E-state index in [-0.39, 0.29) is 12.1 Å². The lowest BCUT2D eigenvalue weighted by molar-refractivity contribution is 0.0438. The first-order chi connectivity index (χ1) is 17.1. The van der Waals surface area contributed by atoms with E-state index in [0.717, 1.165) is 32.2 Å². The molecule has 0 radical (unpaired) electrons. The Labute approximate surface area is 205 Å². The van der Waals surface area contributed by atoms with Crippen LogP contribution in [0.5, 0.6) is 17.2 Å². The van der Waals surface area contributed by atoms with Crippen LogP contribution in [0.25, 0.3) is 10.9 Å². The van der Waals surface area contributed by atoms with Gasteiger partial charge in [-0.15, -0.1) is 0 Å². The number of amides is 2. The zero-order valence-corrected chi connectivity index (χ0v) is 20.5. The maximum absolute atomic E-state index is 13.0. The highest BCUT2D eigenvalue weighted by Crippen LogP contribution is 2.46. The number of methoxy groups -OCH3 is 2. The zero-order chi connectivity index (χ0) is 24.4. The molecule has 2 aromatic rings. The number of anilines is 2. The van der Waals surface area contributed by atoms with Crippen LogP contribution < -0.4 is 24.8 Å². The summed E-state index contributed by atoms with van der Waals surface area (Å²) in [4.78, 5) is 28.3. The summed E-state index contributed by atoms with van der Waals surface area (Å²) in [6.45, 7) is 5.11. The van der Waals surface area contributed by atoms with Gasteiger partial charge in [-0.25, -0.2) is 9.78 Å². The molecule has 2 N–H and O–H groups in total. The van der Waals surface area contributed by atoms with Crippen molar-refractivity contribution in [1.29, 1.82) is 0 Å². The summed E-state index contributed by atoms with van der Waals surface area (Å²) in [6.07, 6.45) is 4.08. The van der Waals surface area contributed by atoms with Gasteiger partial charge in [-0.2, -0.15) is 4.98 Å². The van der Waals surface area contributed by atoms with Gasteiger partial charge in [0.05, 0.1) is 44.4 Å². The first-order valence-electron chi connectivity index (χ1n) is 12.3. The van der Waals surface area contributed by atoms with E-state index in [1.807, 2.05) is 15.9 Å². The third kappa shape index (κ3) is 4.69. The first kappa shape index (κ1) is 23.5. The van der Waals surface area contributed by atoms with E-state index in [1.165, 1.54) is 0 Å². The average molecular weight is 487 g/mol. The predicted octanol–water partition coefficient (Wildman–Crippen LogP) is 2.12. The van der Waals surface area contributed by atoms with E-state index in [2.05, 4.69) is 9.88 Å². The van der Waals surface area contributed by atoms with Gasteiger partial charge >= 0.3 is 6.03 Å². The van der Waals surface area contributed by atoms with E-state index in [0.29, 0.717) is 85.9 Å². The number of nitrogens with two attached hydrogens (primary N) is 1. The number of urea groups is 1. The number of hydrogen-bond acceptors (Lipinski definition) is 9. The lowest BCUT2D eigenvalue weighted by Crippen LogP contribution is -2.49. The number of carbonyl (C=O) groups excluding carboxylic acids is 1. The molecule has 0 spiro atoms. The minimum Gasteiger partial charge on any atom is -0.493 e. The lowest BCUT2D eigenvalue weighted by Gasteiger charge is -2.32. The number of carbonyl (C=O) groups is 1. The lowest BCUT2D eigenvalue weighted by atomic mass is 9.96. The molecule has 0 unspecified atom stereocenters. The van der Waals surface area contributed by atoms with Crippen LogP contribution in [0.2, 0.25) is 0 Å². The Balaban J connectivity index is 1.41. The molecular formula is C24H34N6O5. The topological polar surface area (TPSA) is 116 Å². The molecule has 3 heterocycles. The summed E-state index contributed by atoms with van der Waals surface area (Å²) in [5, 5.41) is 0.636. The Morgan fingerprint density at radius 2 is 1.74 bits per heavy atom. The van der Waals surface area contributed by atoms with Gasteiger partial charge in [-0.05, 0) is 25.7 Å². The molecule has 0 atom stereocenters. The molecule has 2 aliphatic heterocycles. The van der Waals surface area contributed by atoms with E-state index in [9.17, 15) is 4.79 Å². The molecule has 3 aliphatic rings. The fraction of sp³-hybridized carbons (Fsp3) is 0.625. The van der Waals surface area contributed by atoms with Crippen molar-refractivity contribution < 1.29 is 23.7 Å². The molecule has 35 heavy (non-hydrogen) atoms. The Bertz CT molecular complexity index is 1070. The molecule has 1 aromatic carbocycles. The van der Waals surface area contributed by atoms with Crippen molar-refractivity contribution in [1.82, 2.24) is 19.8 Å². The largest absolute Gasteiger partial charge is 0.493 e. The number of ether oxygens (including phenoxy) is 4. The molecule has 2 amide bonds. The maximum Gasteiger partial charge on any atom is 0.320 e. The SMILES string of the molecule is COc1cc2nc(N3CCCN(C(=O)N4CCOCC4)CC3)nc(N)c2c(OC2CCC2)c1OC. The number of nitrogen functional groups attached to an aromatic ring is 1. The highest BCUT2D eigenvalue weighted by Gasteiger charge is 2.29. The number of rotatable bonds is 5. The molecule has 11 nitrogen and oxygen atoms in total. The third-order valence-electron chi connectivity index (χ3n) is 6.97. The van der Waals surface area contributed by atoms with E-state index >= 15 is 0 Å². The molecule has 3 fully saturated rings. The summed E-state index contributed by atoms with van der Waals surface area (Å²) >= 11 is 0. The molecule has 11 heteroatoms. The maximum atomic E-state index is 13.0. The summed E-state index contributed by atoms with van der Waals surface area (Å²) in [7, 11) is 3.18. The molecule has 0 bridgehead atoms. The van der Waals surface area contributed by atoms with Gasteiger partial charge in [0, 0.05) is 45.3 Å². The van der Waals surface area contributed by atoms with Crippen molar-refractivity contribution in [3.8, 4) is 17.2 Å². The number of nitrogens with zero attached hydrogens (tertiary/aromatic N) is 5. The fourth-order valence-corrected chi connectivity index (χ4v) is 4.75. The average Bonchev–Trinajstić information content (AvgIpc) is 3.11. The molecular weight excluding hydrogens is 452 g/mol. The number of fused-ring (bicyclic) bond motifs is 1. The molecule has 1 aliphatic carbocycles. The second-order valence-corrected chi connectivity index (χ2v) is 9.12. The normalized spacial score (nSPS) is 19.3. The molecule has 1 aromatic heterocycles. The van der Waals surface area contributed by atoms with E-state index < -0.39 is 0 Å². The van der Waals surface area contributed by atoms with Crippen molar-refractivity contribution in [2.45, 2.75) is 31.8 Å². The van der Waals surface area contributed by atoms with Gasteiger partial charge in [0.1, 0.15) is 5.82 Å². The van der Waals surface area contributed by atoms with Crippen LogP contribution in [-0.4, -0.2) is 98.6 Å². The highest BCUT2D eigenvalue weighted by molar-refractivity contribution is 5.98. The Morgan fingerprint density at radius 3 is 2.43 bits per heavy atom. The van der Waals surface area contributed by atoms with Crippen molar-refractivity contribution in [2.24, 2.45) is 0 Å². The molecule has 5 rings (SSSR count). The van der Waals surface area contributed by atoms with Crippen LogP contribution in [0, 0.1) is 0 Å². The highest BCUT2D eigenvalue weighted by atomic mass is 16.5. The number of aromatic nitrogens is 2. The minimum absolute atomic E-state index is 0.0729. The summed E-state index contributed by atoms with van der Waals surface area (Å²) in [5.41, 5.74) is 7.13. The van der Waals surface area contributed by atoms with Gasteiger partial charge in [0.25, 0.3) is 0 Å². The van der Waals surface area contributed by atoms with Crippen LogP contribution in [0.1, 0.15) is 25.7 Å². The summed E-state index contributed by atoms with van der Waals surface area (Å²) in [5.74, 6) is 2.45. The zero-order valence-electron chi connectivity index (χ0n) is 20.5. The summed E-state index contributed by atoms with van der Waals surface area (Å²) < 4.78 is 22.9. The third-order valence-corrected chi connectivity index (χ3v) is 6.97. The summed E-state index contributed by atoms with van der Waals surface area (Å²) in [6, 6.07) is 1.89. The van der Waals surface area contributed by atoms with Crippen LogP contribution >= 0.6 is 0 Å². The Morgan fingerprint density at radius 1 is 0.971 bits per heavy atom. The minimum atomic E-state index is 0.0729. The molecule has 2 saturated heterocycles. The molecule has 1 saturated carbocycles. The van der Waals surface area contributed by atoms with Gasteiger partial charge < -0.3 is 39.4 Å². The van der Waals surface area contributed by atoms with Crippen LogP contribution in [-0.2, 0) is 4.74 Å². The van der Waals surface area contributed by atoms with Gasteiger partial charge in [0.15, 0.2) is 11.5 Å². The van der Waals surface area contributed by atoms with Gasteiger partial charge in [-0.3, -0.25) is 0 Å². The Hall–Kier alpha value is -3.21. The smallest absolute Gasteiger partial charge is 0.320 e. The second-order valence-electron chi connectivity index (χ2n) is 9.12. The van der Waals surface area contributed by atoms with Crippen molar-refractivity contribution in [3.63, 3.8) is 0 Å². The second kappa shape index (κ2) is 10.2. The van der Waals surface area contributed by atoms with Crippen molar-refractivity contribution in [3.05, 3.63) is 6.07 Å². The predicted molar refractivity (Wildman–Crippen MR) is 132 cm³/mol.